The van der Waals surface area contributed by atoms with E-state index in [0.717, 1.165) is 81.3 Å². The van der Waals surface area contributed by atoms with Gasteiger partial charge >= 0.3 is 0 Å². The normalized spacial score (nSPS) is 19.2. The number of carbonyl (C=O) groups excluding carboxylic acids is 2. The van der Waals surface area contributed by atoms with E-state index in [9.17, 15) is 9.59 Å². The fourth-order valence-corrected chi connectivity index (χ4v) is 4.47. The molecule has 2 amide bonds. The molecule has 1 aliphatic carbocycles. The van der Waals surface area contributed by atoms with Crippen LogP contribution in [0.3, 0.4) is 0 Å². The number of imidazole rings is 1. The number of benzene rings is 1. The lowest BCUT2D eigenvalue weighted by Gasteiger charge is -2.33. The SMILES string of the molecule is CC1CCCCN1C(=O)Cn1c(CCCCCNC(=O)C2CC2)nc2ccccc21. The number of amides is 2. The topological polar surface area (TPSA) is 67.2 Å². The molecule has 1 saturated heterocycles. The summed E-state index contributed by atoms with van der Waals surface area (Å²) < 4.78 is 2.12. The van der Waals surface area contributed by atoms with E-state index in [1.165, 1.54) is 6.42 Å². The number of para-hydroxylation sites is 2. The number of aryl methyl sites for hydroxylation is 1. The van der Waals surface area contributed by atoms with E-state index >= 15 is 0 Å². The van der Waals surface area contributed by atoms with Crippen molar-refractivity contribution in [2.45, 2.75) is 77.3 Å². The van der Waals surface area contributed by atoms with Crippen molar-refractivity contribution in [1.82, 2.24) is 19.8 Å². The summed E-state index contributed by atoms with van der Waals surface area (Å²) in [5.41, 5.74) is 2.01. The molecule has 2 heterocycles. The predicted molar refractivity (Wildman–Crippen MR) is 118 cm³/mol. The number of unbranched alkanes of at least 4 members (excludes halogenated alkanes) is 2. The van der Waals surface area contributed by atoms with E-state index in [4.69, 9.17) is 4.98 Å². The summed E-state index contributed by atoms with van der Waals surface area (Å²) in [4.78, 5) is 31.6. The molecule has 0 bridgehead atoms. The Morgan fingerprint density at radius 2 is 1.93 bits per heavy atom. The summed E-state index contributed by atoms with van der Waals surface area (Å²) in [7, 11) is 0. The molecule has 2 aromatic rings. The third-order valence-electron chi connectivity index (χ3n) is 6.47. The van der Waals surface area contributed by atoms with Crippen LogP contribution in [0.5, 0.6) is 0 Å². The van der Waals surface area contributed by atoms with Crippen molar-refractivity contribution in [3.63, 3.8) is 0 Å². The van der Waals surface area contributed by atoms with Gasteiger partial charge in [-0.05, 0) is 64.0 Å². The van der Waals surface area contributed by atoms with Crippen LogP contribution < -0.4 is 5.32 Å². The Labute approximate surface area is 179 Å². The summed E-state index contributed by atoms with van der Waals surface area (Å²) in [5, 5.41) is 3.03. The van der Waals surface area contributed by atoms with Crippen molar-refractivity contribution in [2.75, 3.05) is 13.1 Å². The van der Waals surface area contributed by atoms with Gasteiger partial charge in [-0.25, -0.2) is 4.98 Å². The number of carbonyl (C=O) groups is 2. The zero-order valence-electron chi connectivity index (χ0n) is 18.1. The highest BCUT2D eigenvalue weighted by Gasteiger charge is 2.29. The van der Waals surface area contributed by atoms with Crippen molar-refractivity contribution in [3.05, 3.63) is 30.1 Å². The van der Waals surface area contributed by atoms with Crippen molar-refractivity contribution in [2.24, 2.45) is 5.92 Å². The number of rotatable bonds is 9. The molecule has 1 aromatic carbocycles. The van der Waals surface area contributed by atoms with Gasteiger partial charge in [0, 0.05) is 31.5 Å². The largest absolute Gasteiger partial charge is 0.356 e. The minimum Gasteiger partial charge on any atom is -0.356 e. The molecule has 4 rings (SSSR count). The molecule has 1 unspecified atom stereocenters. The monoisotopic (exact) mass is 410 g/mol. The van der Waals surface area contributed by atoms with Crippen molar-refractivity contribution < 1.29 is 9.59 Å². The average molecular weight is 411 g/mol. The Kier molecular flexibility index (Phi) is 6.70. The predicted octanol–water partition coefficient (Wildman–Crippen LogP) is 3.68. The highest BCUT2D eigenvalue weighted by molar-refractivity contribution is 5.81. The zero-order valence-corrected chi connectivity index (χ0v) is 18.1. The molecule has 162 valence electrons. The van der Waals surface area contributed by atoms with Gasteiger partial charge in [0.1, 0.15) is 12.4 Å². The first-order chi connectivity index (χ1) is 14.6. The molecule has 0 radical (unpaired) electrons. The Morgan fingerprint density at radius 3 is 2.73 bits per heavy atom. The van der Waals surface area contributed by atoms with E-state index in [1.54, 1.807) is 0 Å². The second-order valence-electron chi connectivity index (χ2n) is 8.91. The lowest BCUT2D eigenvalue weighted by molar-refractivity contribution is -0.135. The van der Waals surface area contributed by atoms with Crippen molar-refractivity contribution in [1.29, 1.82) is 0 Å². The Morgan fingerprint density at radius 1 is 1.10 bits per heavy atom. The highest BCUT2D eigenvalue weighted by Crippen LogP contribution is 2.28. The van der Waals surface area contributed by atoms with E-state index in [1.807, 2.05) is 23.1 Å². The third-order valence-corrected chi connectivity index (χ3v) is 6.47. The summed E-state index contributed by atoms with van der Waals surface area (Å²) in [6.07, 6.45) is 9.42. The molecule has 6 nitrogen and oxygen atoms in total. The fourth-order valence-electron chi connectivity index (χ4n) is 4.47. The minimum atomic E-state index is 0.203. The van der Waals surface area contributed by atoms with Crippen LogP contribution in [0.25, 0.3) is 11.0 Å². The molecule has 1 N–H and O–H groups in total. The molecule has 6 heteroatoms. The summed E-state index contributed by atoms with van der Waals surface area (Å²) >= 11 is 0. The van der Waals surface area contributed by atoms with Crippen LogP contribution in [0.4, 0.5) is 0 Å². The average Bonchev–Trinajstić information content (AvgIpc) is 3.55. The van der Waals surface area contributed by atoms with Gasteiger partial charge in [0.2, 0.25) is 11.8 Å². The maximum absolute atomic E-state index is 13.0. The number of likely N-dealkylation sites (tertiary alicyclic amines) is 1. The number of nitrogens with one attached hydrogen (secondary N) is 1. The van der Waals surface area contributed by atoms with Crippen molar-refractivity contribution in [3.8, 4) is 0 Å². The Balaban J connectivity index is 1.35. The van der Waals surface area contributed by atoms with Crippen LogP contribution in [0.2, 0.25) is 0 Å². The van der Waals surface area contributed by atoms with Gasteiger partial charge in [-0.1, -0.05) is 18.6 Å². The first-order valence-corrected chi connectivity index (χ1v) is 11.6. The van der Waals surface area contributed by atoms with Gasteiger partial charge in [0.05, 0.1) is 11.0 Å². The summed E-state index contributed by atoms with van der Waals surface area (Å²) in [5.74, 6) is 1.71. The first kappa shape index (κ1) is 20.9. The molecule has 1 aliphatic heterocycles. The van der Waals surface area contributed by atoms with Gasteiger partial charge in [-0.15, -0.1) is 0 Å². The molecule has 1 atom stereocenters. The summed E-state index contributed by atoms with van der Waals surface area (Å²) in [6, 6.07) is 8.43. The van der Waals surface area contributed by atoms with Crippen LogP contribution in [-0.2, 0) is 22.6 Å². The molecular weight excluding hydrogens is 376 g/mol. The number of aromatic nitrogens is 2. The molecule has 1 saturated carbocycles. The van der Waals surface area contributed by atoms with Gasteiger partial charge in [-0.2, -0.15) is 0 Å². The quantitative estimate of drug-likeness (QED) is 0.641. The van der Waals surface area contributed by atoms with E-state index < -0.39 is 0 Å². The van der Waals surface area contributed by atoms with Crippen LogP contribution in [0.15, 0.2) is 24.3 Å². The number of hydrogen-bond acceptors (Lipinski definition) is 3. The lowest BCUT2D eigenvalue weighted by Crippen LogP contribution is -2.43. The first-order valence-electron chi connectivity index (χ1n) is 11.6. The second kappa shape index (κ2) is 9.63. The molecule has 30 heavy (non-hydrogen) atoms. The molecule has 2 fully saturated rings. The second-order valence-corrected chi connectivity index (χ2v) is 8.91. The van der Waals surface area contributed by atoms with Crippen LogP contribution in [0.1, 0.15) is 64.1 Å². The molecule has 1 aromatic heterocycles. The standard InChI is InChI=1S/C24H34N4O2/c1-18-9-6-8-16-27(18)23(29)17-28-21-11-5-4-10-20(21)26-22(28)12-3-2-7-15-25-24(30)19-13-14-19/h4-5,10-11,18-19H,2-3,6-9,12-17H2,1H3,(H,25,30). The molecule has 2 aliphatic rings. The third kappa shape index (κ3) is 5.02. The smallest absolute Gasteiger partial charge is 0.242 e. The Bertz CT molecular complexity index is 886. The molecular formula is C24H34N4O2. The van der Waals surface area contributed by atoms with E-state index in [0.29, 0.717) is 12.6 Å². The number of nitrogens with zero attached hydrogens (tertiary/aromatic N) is 3. The highest BCUT2D eigenvalue weighted by atomic mass is 16.2. The maximum Gasteiger partial charge on any atom is 0.242 e. The van der Waals surface area contributed by atoms with Gasteiger partial charge < -0.3 is 14.8 Å². The van der Waals surface area contributed by atoms with E-state index in [2.05, 4.69) is 22.9 Å². The van der Waals surface area contributed by atoms with E-state index in [-0.39, 0.29) is 17.7 Å². The fraction of sp³-hybridized carbons (Fsp3) is 0.625. The number of fused-ring (bicyclic) bond motifs is 1. The molecule has 0 spiro atoms. The minimum absolute atomic E-state index is 0.203. The van der Waals surface area contributed by atoms with Gasteiger partial charge in [0.25, 0.3) is 0 Å². The lowest BCUT2D eigenvalue weighted by atomic mass is 10.0. The number of piperidine rings is 1. The summed E-state index contributed by atoms with van der Waals surface area (Å²) in [6.45, 7) is 4.16. The zero-order chi connectivity index (χ0) is 20.9. The van der Waals surface area contributed by atoms with Gasteiger partial charge in [0.15, 0.2) is 0 Å². The maximum atomic E-state index is 13.0. The Hall–Kier alpha value is -2.37. The van der Waals surface area contributed by atoms with Gasteiger partial charge in [-0.3, -0.25) is 9.59 Å². The van der Waals surface area contributed by atoms with Crippen LogP contribution in [-0.4, -0.2) is 45.4 Å². The van der Waals surface area contributed by atoms with Crippen LogP contribution in [0, 0.1) is 5.92 Å². The van der Waals surface area contributed by atoms with Crippen LogP contribution >= 0.6 is 0 Å². The number of hydrogen-bond donors (Lipinski definition) is 1. The van der Waals surface area contributed by atoms with Crippen molar-refractivity contribution >= 4 is 22.8 Å².